The Bertz CT molecular complexity index is 552. The molecule has 3 N–H and O–H groups in total. The molecule has 0 unspecified atom stereocenters. The van der Waals surface area contributed by atoms with Gasteiger partial charge in [0, 0.05) is 30.7 Å². The van der Waals surface area contributed by atoms with E-state index in [9.17, 15) is 0 Å². The number of para-hydroxylation sites is 1. The molecule has 1 aliphatic carbocycles. The minimum atomic E-state index is 0.728. The fourth-order valence-electron chi connectivity index (χ4n) is 2.72. The summed E-state index contributed by atoms with van der Waals surface area (Å²) in [7, 11) is 0. The maximum absolute atomic E-state index is 6.10. The summed E-state index contributed by atoms with van der Waals surface area (Å²) >= 11 is 0. The van der Waals surface area contributed by atoms with Crippen LogP contribution >= 0.6 is 0 Å². The van der Waals surface area contributed by atoms with E-state index < -0.39 is 0 Å². The van der Waals surface area contributed by atoms with Crippen molar-refractivity contribution in [3.05, 3.63) is 30.0 Å². The van der Waals surface area contributed by atoms with Crippen LogP contribution in [0.15, 0.2) is 24.4 Å². The predicted molar refractivity (Wildman–Crippen MR) is 76.5 cm³/mol. The molecule has 0 bridgehead atoms. The van der Waals surface area contributed by atoms with E-state index in [1.54, 1.807) is 0 Å². The fourth-order valence-corrected chi connectivity index (χ4v) is 2.72. The molecule has 1 aromatic carbocycles. The summed E-state index contributed by atoms with van der Waals surface area (Å²) in [6.45, 7) is 4.08. The number of hydrogen-bond donors (Lipinski definition) is 2. The molecule has 96 valence electrons. The molecule has 1 saturated carbocycles. The Kier molecular flexibility index (Phi) is 3.00. The molecule has 3 rings (SSSR count). The van der Waals surface area contributed by atoms with E-state index in [4.69, 9.17) is 5.73 Å². The van der Waals surface area contributed by atoms with E-state index in [0.717, 1.165) is 24.8 Å². The third-order valence-electron chi connectivity index (χ3n) is 4.04. The van der Waals surface area contributed by atoms with Crippen LogP contribution in [0.25, 0.3) is 10.9 Å². The lowest BCUT2D eigenvalue weighted by Crippen LogP contribution is -2.34. The third-order valence-corrected chi connectivity index (χ3v) is 4.04. The van der Waals surface area contributed by atoms with Gasteiger partial charge in [-0.2, -0.15) is 0 Å². The van der Waals surface area contributed by atoms with Gasteiger partial charge < -0.3 is 15.6 Å². The zero-order chi connectivity index (χ0) is 12.5. The van der Waals surface area contributed by atoms with Crippen LogP contribution in [0.5, 0.6) is 0 Å². The van der Waals surface area contributed by atoms with Gasteiger partial charge >= 0.3 is 0 Å². The van der Waals surface area contributed by atoms with Crippen molar-refractivity contribution in [2.24, 2.45) is 0 Å². The molecule has 0 amide bonds. The van der Waals surface area contributed by atoms with Gasteiger partial charge in [-0.05, 0) is 31.4 Å². The Hall–Kier alpha value is -1.48. The molecule has 2 aromatic rings. The average molecular weight is 243 g/mol. The summed E-state index contributed by atoms with van der Waals surface area (Å²) in [5.74, 6) is 0. The van der Waals surface area contributed by atoms with Gasteiger partial charge in [0.15, 0.2) is 0 Å². The Balaban J connectivity index is 1.93. The van der Waals surface area contributed by atoms with Gasteiger partial charge in [-0.3, -0.25) is 0 Å². The number of hydrogen-bond acceptors (Lipinski definition) is 2. The maximum atomic E-state index is 6.10. The normalized spacial score (nSPS) is 16.1. The van der Waals surface area contributed by atoms with E-state index in [1.807, 2.05) is 12.1 Å². The molecule has 1 fully saturated rings. The molecule has 0 saturated heterocycles. The maximum Gasteiger partial charge on any atom is 0.0717 e. The SMILES string of the molecule is CCn1cc(CNC2CCC2)c2cccc(N)c21. The van der Waals surface area contributed by atoms with Crippen molar-refractivity contribution in [1.82, 2.24) is 9.88 Å². The van der Waals surface area contributed by atoms with Crippen LogP contribution in [0.2, 0.25) is 0 Å². The monoisotopic (exact) mass is 243 g/mol. The van der Waals surface area contributed by atoms with E-state index in [2.05, 4.69) is 29.1 Å². The summed E-state index contributed by atoms with van der Waals surface area (Å²) in [5.41, 5.74) is 9.53. The number of rotatable bonds is 4. The first-order chi connectivity index (χ1) is 8.79. The van der Waals surface area contributed by atoms with Crippen molar-refractivity contribution in [2.75, 3.05) is 5.73 Å². The van der Waals surface area contributed by atoms with Gasteiger partial charge in [0.2, 0.25) is 0 Å². The number of anilines is 1. The Labute approximate surface area is 108 Å². The van der Waals surface area contributed by atoms with Crippen molar-refractivity contribution in [2.45, 2.75) is 45.3 Å². The molecule has 3 heteroatoms. The summed E-state index contributed by atoms with van der Waals surface area (Å²) < 4.78 is 2.25. The number of nitrogens with zero attached hydrogens (tertiary/aromatic N) is 1. The predicted octanol–water partition coefficient (Wildman–Crippen LogP) is 2.89. The van der Waals surface area contributed by atoms with Crippen LogP contribution in [0.1, 0.15) is 31.7 Å². The van der Waals surface area contributed by atoms with Gasteiger partial charge in [0.1, 0.15) is 0 Å². The summed E-state index contributed by atoms with van der Waals surface area (Å²) in [5, 5.41) is 4.93. The Morgan fingerprint density at radius 2 is 2.22 bits per heavy atom. The summed E-state index contributed by atoms with van der Waals surface area (Å²) in [6.07, 6.45) is 6.27. The minimum absolute atomic E-state index is 0.728. The Morgan fingerprint density at radius 3 is 2.89 bits per heavy atom. The lowest BCUT2D eigenvalue weighted by molar-refractivity contribution is 0.338. The standard InChI is InChI=1S/C15H21N3/c1-2-18-10-11(9-17-12-5-3-6-12)13-7-4-8-14(16)15(13)18/h4,7-8,10,12,17H,2-3,5-6,9,16H2,1H3. The smallest absolute Gasteiger partial charge is 0.0717 e. The zero-order valence-corrected chi connectivity index (χ0v) is 10.9. The highest BCUT2D eigenvalue weighted by atomic mass is 15.0. The van der Waals surface area contributed by atoms with Crippen molar-refractivity contribution < 1.29 is 0 Å². The number of aryl methyl sites for hydroxylation is 1. The van der Waals surface area contributed by atoms with Gasteiger partial charge in [0.25, 0.3) is 0 Å². The highest BCUT2D eigenvalue weighted by molar-refractivity contribution is 5.93. The largest absolute Gasteiger partial charge is 0.397 e. The molecule has 0 radical (unpaired) electrons. The first-order valence-corrected chi connectivity index (χ1v) is 6.89. The molecule has 0 atom stereocenters. The molecule has 1 aromatic heterocycles. The van der Waals surface area contributed by atoms with Crippen LogP contribution in [0.3, 0.4) is 0 Å². The molecule has 0 aliphatic heterocycles. The van der Waals surface area contributed by atoms with E-state index in [0.29, 0.717) is 0 Å². The molecule has 1 aliphatic rings. The van der Waals surface area contributed by atoms with Crippen molar-refractivity contribution in [3.63, 3.8) is 0 Å². The van der Waals surface area contributed by atoms with Crippen LogP contribution < -0.4 is 11.1 Å². The second kappa shape index (κ2) is 4.65. The molecule has 18 heavy (non-hydrogen) atoms. The number of nitrogens with two attached hydrogens (primary N) is 1. The molecular formula is C15H21N3. The minimum Gasteiger partial charge on any atom is -0.397 e. The van der Waals surface area contributed by atoms with Gasteiger partial charge in [-0.15, -0.1) is 0 Å². The second-order valence-corrected chi connectivity index (χ2v) is 5.19. The summed E-state index contributed by atoms with van der Waals surface area (Å²) in [4.78, 5) is 0. The number of nitrogen functional groups attached to an aromatic ring is 1. The van der Waals surface area contributed by atoms with Crippen LogP contribution in [-0.4, -0.2) is 10.6 Å². The van der Waals surface area contributed by atoms with Crippen LogP contribution in [0, 0.1) is 0 Å². The number of aromatic nitrogens is 1. The zero-order valence-electron chi connectivity index (χ0n) is 10.9. The molecule has 0 spiro atoms. The molecule has 1 heterocycles. The molecular weight excluding hydrogens is 222 g/mol. The van der Waals surface area contributed by atoms with Crippen LogP contribution in [-0.2, 0) is 13.1 Å². The highest BCUT2D eigenvalue weighted by Crippen LogP contribution is 2.27. The first-order valence-electron chi connectivity index (χ1n) is 6.89. The Morgan fingerprint density at radius 1 is 1.39 bits per heavy atom. The van der Waals surface area contributed by atoms with Crippen LogP contribution in [0.4, 0.5) is 5.69 Å². The quantitative estimate of drug-likeness (QED) is 0.811. The number of fused-ring (bicyclic) bond motifs is 1. The lowest BCUT2D eigenvalue weighted by Gasteiger charge is -2.26. The second-order valence-electron chi connectivity index (χ2n) is 5.19. The number of benzene rings is 1. The lowest BCUT2D eigenvalue weighted by atomic mass is 9.93. The van der Waals surface area contributed by atoms with E-state index in [1.165, 1.54) is 35.7 Å². The first kappa shape index (κ1) is 11.6. The molecule has 3 nitrogen and oxygen atoms in total. The third kappa shape index (κ3) is 1.89. The van der Waals surface area contributed by atoms with Gasteiger partial charge in [0.05, 0.1) is 11.2 Å². The highest BCUT2D eigenvalue weighted by Gasteiger charge is 2.17. The van der Waals surface area contributed by atoms with Crippen molar-refractivity contribution in [3.8, 4) is 0 Å². The van der Waals surface area contributed by atoms with Gasteiger partial charge in [-0.25, -0.2) is 0 Å². The van der Waals surface area contributed by atoms with E-state index >= 15 is 0 Å². The number of nitrogens with one attached hydrogen (secondary N) is 1. The van der Waals surface area contributed by atoms with E-state index in [-0.39, 0.29) is 0 Å². The van der Waals surface area contributed by atoms with Crippen molar-refractivity contribution >= 4 is 16.6 Å². The topological polar surface area (TPSA) is 43.0 Å². The average Bonchev–Trinajstić information content (AvgIpc) is 2.67. The van der Waals surface area contributed by atoms with Crippen molar-refractivity contribution in [1.29, 1.82) is 0 Å². The van der Waals surface area contributed by atoms with Gasteiger partial charge in [-0.1, -0.05) is 18.6 Å². The summed E-state index contributed by atoms with van der Waals surface area (Å²) in [6, 6.07) is 6.93. The fraction of sp³-hybridized carbons (Fsp3) is 0.467.